The van der Waals surface area contributed by atoms with Crippen LogP contribution in [0.2, 0.25) is 0 Å². The summed E-state index contributed by atoms with van der Waals surface area (Å²) in [5, 5.41) is 13.7. The number of nitriles is 1. The molecule has 11 aromatic rings. The predicted octanol–water partition coefficient (Wildman–Crippen LogP) is 14.5. The van der Waals surface area contributed by atoms with Crippen molar-refractivity contribution < 1.29 is 4.42 Å². The van der Waals surface area contributed by atoms with E-state index in [1.165, 1.54) is 0 Å². The van der Waals surface area contributed by atoms with Gasteiger partial charge in [0.2, 0.25) is 0 Å². The van der Waals surface area contributed by atoms with Crippen LogP contribution < -0.4 is 0 Å². The van der Waals surface area contributed by atoms with Gasteiger partial charge in [-0.2, -0.15) is 5.26 Å². The van der Waals surface area contributed by atoms with E-state index in [1.807, 2.05) is 48.5 Å². The average Bonchev–Trinajstić information content (AvgIpc) is 3.74. The number of fused-ring (bicyclic) bond motifs is 5. The van der Waals surface area contributed by atoms with Crippen molar-refractivity contribution in [3.05, 3.63) is 212 Å². The summed E-state index contributed by atoms with van der Waals surface area (Å²) in [6.45, 7) is 0. The van der Waals surface area contributed by atoms with E-state index >= 15 is 0 Å². The van der Waals surface area contributed by atoms with Crippen LogP contribution in [0.1, 0.15) is 5.56 Å². The number of aromatic nitrogens is 3. The second-order valence-electron chi connectivity index (χ2n) is 15.1. The number of hydrogen-bond acceptors (Lipinski definition) is 5. The molecule has 2 aromatic heterocycles. The number of rotatable bonds is 7. The summed E-state index contributed by atoms with van der Waals surface area (Å²) in [4.78, 5) is 15.2. The summed E-state index contributed by atoms with van der Waals surface area (Å²) >= 11 is 0. The van der Waals surface area contributed by atoms with Gasteiger partial charge in [-0.3, -0.25) is 0 Å². The van der Waals surface area contributed by atoms with Crippen molar-refractivity contribution in [3.8, 4) is 84.7 Å². The van der Waals surface area contributed by atoms with Gasteiger partial charge < -0.3 is 4.42 Å². The lowest BCUT2D eigenvalue weighted by Gasteiger charge is -2.11. The molecule has 5 nitrogen and oxygen atoms in total. The van der Waals surface area contributed by atoms with Gasteiger partial charge >= 0.3 is 0 Å². The van der Waals surface area contributed by atoms with E-state index in [1.54, 1.807) is 0 Å². The normalized spacial score (nSPS) is 11.3. The molecule has 0 saturated carbocycles. The molecule has 284 valence electrons. The van der Waals surface area contributed by atoms with Crippen LogP contribution in [0.5, 0.6) is 0 Å². The predicted molar refractivity (Wildman–Crippen MR) is 247 cm³/mol. The summed E-state index contributed by atoms with van der Waals surface area (Å²) in [7, 11) is 0. The second kappa shape index (κ2) is 15.0. The third-order valence-corrected chi connectivity index (χ3v) is 11.4. The maximum absolute atomic E-state index is 9.45. The van der Waals surface area contributed by atoms with Crippen LogP contribution in [0.4, 0.5) is 0 Å². The van der Waals surface area contributed by atoms with Gasteiger partial charge in [0, 0.05) is 32.8 Å². The Hall–Kier alpha value is -8.46. The van der Waals surface area contributed by atoms with Gasteiger partial charge in [0.05, 0.1) is 11.6 Å². The van der Waals surface area contributed by atoms with Crippen molar-refractivity contribution >= 4 is 32.7 Å². The van der Waals surface area contributed by atoms with E-state index in [2.05, 4.69) is 164 Å². The molecule has 0 radical (unpaired) electrons. The standard InChI is InChI=1S/C56H34N4O/c57-35-36-18-20-42(21-19-36)49-34-50-52-46(16-9-17-51(52)61-53(50)48-15-8-7-14-47(48)49)41-26-32-45(33-27-41)56-59-54(43-28-22-39(23-29-43)37-10-3-1-4-11-37)58-55(60-56)44-30-24-40(25-31-44)38-12-5-2-6-13-38/h1-34H. The Bertz CT molecular complexity index is 3320. The maximum atomic E-state index is 9.45. The van der Waals surface area contributed by atoms with Gasteiger partial charge in [0.15, 0.2) is 17.5 Å². The molecule has 0 aliphatic carbocycles. The third-order valence-electron chi connectivity index (χ3n) is 11.4. The van der Waals surface area contributed by atoms with Gasteiger partial charge in [-0.1, -0.05) is 182 Å². The highest BCUT2D eigenvalue weighted by Gasteiger charge is 2.19. The Morgan fingerprint density at radius 1 is 0.344 bits per heavy atom. The van der Waals surface area contributed by atoms with Gasteiger partial charge in [-0.15, -0.1) is 0 Å². The molecule has 0 unspecified atom stereocenters. The largest absolute Gasteiger partial charge is 0.455 e. The molecule has 0 aliphatic heterocycles. The van der Waals surface area contributed by atoms with E-state index in [-0.39, 0.29) is 0 Å². The zero-order chi connectivity index (χ0) is 40.7. The number of furan rings is 1. The summed E-state index contributed by atoms with van der Waals surface area (Å²) < 4.78 is 6.65. The lowest BCUT2D eigenvalue weighted by molar-refractivity contribution is 0.673. The summed E-state index contributed by atoms with van der Waals surface area (Å²) in [6.07, 6.45) is 0. The topological polar surface area (TPSA) is 75.6 Å². The first-order chi connectivity index (χ1) is 30.2. The van der Waals surface area contributed by atoms with Crippen molar-refractivity contribution in [1.29, 1.82) is 5.26 Å². The number of hydrogen-bond donors (Lipinski definition) is 0. The smallest absolute Gasteiger partial charge is 0.164 e. The molecule has 11 rings (SSSR count). The Labute approximate surface area is 352 Å². The minimum atomic E-state index is 0.594. The monoisotopic (exact) mass is 778 g/mol. The van der Waals surface area contributed by atoms with Crippen LogP contribution in [-0.4, -0.2) is 15.0 Å². The first-order valence-corrected chi connectivity index (χ1v) is 20.2. The zero-order valence-electron chi connectivity index (χ0n) is 32.8. The molecule has 0 bridgehead atoms. The summed E-state index contributed by atoms with van der Waals surface area (Å²) in [5.74, 6) is 1.81. The van der Waals surface area contributed by atoms with Crippen LogP contribution >= 0.6 is 0 Å². The first-order valence-electron chi connectivity index (χ1n) is 20.2. The molecule has 5 heteroatoms. The van der Waals surface area contributed by atoms with Crippen LogP contribution in [0, 0.1) is 11.3 Å². The molecular weight excluding hydrogens is 745 g/mol. The second-order valence-corrected chi connectivity index (χ2v) is 15.1. The fraction of sp³-hybridized carbons (Fsp3) is 0. The molecule has 0 saturated heterocycles. The molecule has 0 atom stereocenters. The number of benzene rings is 9. The summed E-state index contributed by atoms with van der Waals surface area (Å²) in [5.41, 5.74) is 13.8. The van der Waals surface area contributed by atoms with Gasteiger partial charge in [0.1, 0.15) is 11.2 Å². The van der Waals surface area contributed by atoms with Gasteiger partial charge in [-0.05, 0) is 74.2 Å². The Kier molecular flexibility index (Phi) is 8.80. The molecule has 0 amide bonds. The molecular formula is C56H34N4O. The van der Waals surface area contributed by atoms with E-state index in [4.69, 9.17) is 19.4 Å². The molecule has 0 fully saturated rings. The SMILES string of the molecule is N#Cc1ccc(-c2cc3c(oc4cccc(-c5ccc(-c6nc(-c7ccc(-c8ccccc8)cc7)nc(-c7ccc(-c8ccccc8)cc7)n6)cc5)c43)c3ccccc23)cc1. The fourth-order valence-corrected chi connectivity index (χ4v) is 8.30. The third kappa shape index (κ3) is 6.59. The highest BCUT2D eigenvalue weighted by molar-refractivity contribution is 6.22. The van der Waals surface area contributed by atoms with Crippen molar-refractivity contribution in [1.82, 2.24) is 15.0 Å². The quantitative estimate of drug-likeness (QED) is 0.161. The van der Waals surface area contributed by atoms with Crippen molar-refractivity contribution in [2.45, 2.75) is 0 Å². The molecule has 0 N–H and O–H groups in total. The molecule has 0 spiro atoms. The van der Waals surface area contributed by atoms with E-state index in [0.717, 1.165) is 93.9 Å². The zero-order valence-corrected chi connectivity index (χ0v) is 32.8. The Morgan fingerprint density at radius 2 is 0.770 bits per heavy atom. The lowest BCUT2D eigenvalue weighted by Crippen LogP contribution is -2.00. The fourth-order valence-electron chi connectivity index (χ4n) is 8.30. The van der Waals surface area contributed by atoms with Gasteiger partial charge in [0.25, 0.3) is 0 Å². The van der Waals surface area contributed by atoms with Crippen LogP contribution in [0.3, 0.4) is 0 Å². The van der Waals surface area contributed by atoms with Crippen LogP contribution in [0.15, 0.2) is 211 Å². The Balaban J connectivity index is 1.01. The highest BCUT2D eigenvalue weighted by Crippen LogP contribution is 2.43. The van der Waals surface area contributed by atoms with Crippen LogP contribution in [0.25, 0.3) is 111 Å². The van der Waals surface area contributed by atoms with Crippen molar-refractivity contribution in [2.75, 3.05) is 0 Å². The first kappa shape index (κ1) is 35.7. The highest BCUT2D eigenvalue weighted by atomic mass is 16.3. The van der Waals surface area contributed by atoms with E-state index < -0.39 is 0 Å². The lowest BCUT2D eigenvalue weighted by atomic mass is 9.93. The minimum Gasteiger partial charge on any atom is -0.455 e. The maximum Gasteiger partial charge on any atom is 0.164 e. The summed E-state index contributed by atoms with van der Waals surface area (Å²) in [6, 6.07) is 72.8. The van der Waals surface area contributed by atoms with Crippen molar-refractivity contribution in [2.24, 2.45) is 0 Å². The van der Waals surface area contributed by atoms with E-state index in [9.17, 15) is 5.26 Å². The molecule has 0 aliphatic rings. The molecule has 2 heterocycles. The minimum absolute atomic E-state index is 0.594. The number of nitrogens with zero attached hydrogens (tertiary/aromatic N) is 4. The van der Waals surface area contributed by atoms with E-state index in [0.29, 0.717) is 23.0 Å². The molecule has 61 heavy (non-hydrogen) atoms. The van der Waals surface area contributed by atoms with Gasteiger partial charge in [-0.25, -0.2) is 15.0 Å². The Morgan fingerprint density at radius 3 is 1.30 bits per heavy atom. The van der Waals surface area contributed by atoms with Crippen molar-refractivity contribution in [3.63, 3.8) is 0 Å². The van der Waals surface area contributed by atoms with Crippen LogP contribution in [-0.2, 0) is 0 Å². The average molecular weight is 779 g/mol. The molecule has 9 aromatic carbocycles.